The third kappa shape index (κ3) is 5.72. The first-order valence-corrected chi connectivity index (χ1v) is 15.2. The predicted octanol–water partition coefficient (Wildman–Crippen LogP) is 4.21. The average Bonchev–Trinajstić information content (AvgIpc) is 3.69. The first-order valence-electron chi connectivity index (χ1n) is 13.8. The summed E-state index contributed by atoms with van der Waals surface area (Å²) in [4.78, 5) is 13.9. The molecule has 0 N–H and O–H groups in total. The molecule has 0 saturated carbocycles. The van der Waals surface area contributed by atoms with Crippen LogP contribution < -0.4 is 4.74 Å². The minimum atomic E-state index is -3.99. The molecule has 0 amide bonds. The lowest BCUT2D eigenvalue weighted by atomic mass is 9.97. The van der Waals surface area contributed by atoms with Crippen molar-refractivity contribution in [3.05, 3.63) is 119 Å². The van der Waals surface area contributed by atoms with E-state index in [1.807, 2.05) is 62.4 Å². The van der Waals surface area contributed by atoms with Crippen molar-refractivity contribution in [2.45, 2.75) is 18.7 Å². The topological polar surface area (TPSA) is 125 Å². The Hall–Kier alpha value is -5.20. The molecular formula is C32H29N7O4S. The minimum Gasteiger partial charge on any atom is -0.497 e. The molecule has 1 saturated heterocycles. The van der Waals surface area contributed by atoms with Crippen LogP contribution in [-0.2, 0) is 14.8 Å². The molecule has 0 spiro atoms. The largest absolute Gasteiger partial charge is 0.497 e. The molecule has 1 fully saturated rings. The second kappa shape index (κ2) is 11.8. The van der Waals surface area contributed by atoms with E-state index in [4.69, 9.17) is 4.74 Å². The van der Waals surface area contributed by atoms with Crippen LogP contribution in [0.5, 0.6) is 5.75 Å². The van der Waals surface area contributed by atoms with Crippen LogP contribution in [0.2, 0.25) is 0 Å². The minimum absolute atomic E-state index is 0.0855. The summed E-state index contributed by atoms with van der Waals surface area (Å²) in [5, 5.41) is 16.9. The van der Waals surface area contributed by atoms with Crippen molar-refractivity contribution in [2.75, 3.05) is 20.2 Å². The summed E-state index contributed by atoms with van der Waals surface area (Å²) < 4.78 is 37.3. The number of aromatic nitrogens is 6. The fourth-order valence-electron chi connectivity index (χ4n) is 4.99. The van der Waals surface area contributed by atoms with E-state index in [2.05, 4.69) is 20.6 Å². The Balaban J connectivity index is 1.38. The number of hydrogen-bond donors (Lipinski definition) is 0. The Kier molecular flexibility index (Phi) is 7.77. The van der Waals surface area contributed by atoms with Crippen molar-refractivity contribution < 1.29 is 17.9 Å². The van der Waals surface area contributed by atoms with Gasteiger partial charge in [0.2, 0.25) is 10.0 Å². The van der Waals surface area contributed by atoms with E-state index in [0.29, 0.717) is 17.1 Å². The SMILES string of the molecule is COc1ccc(S(=O)(=O)N2CC(=Cc3cn(-c4ccccc4C)nn3)C(=O)C(=Cc3cn(-c4ccccc4C)nn3)C2)cc1. The number of rotatable bonds is 7. The molecule has 0 radical (unpaired) electrons. The summed E-state index contributed by atoms with van der Waals surface area (Å²) in [7, 11) is -2.47. The maximum Gasteiger partial charge on any atom is 0.243 e. The summed E-state index contributed by atoms with van der Waals surface area (Å²) in [6.07, 6.45) is 6.57. The van der Waals surface area contributed by atoms with E-state index in [9.17, 15) is 13.2 Å². The number of sulfonamides is 1. The van der Waals surface area contributed by atoms with Crippen LogP contribution in [0.3, 0.4) is 0 Å². The van der Waals surface area contributed by atoms with Gasteiger partial charge < -0.3 is 4.74 Å². The van der Waals surface area contributed by atoms with Gasteiger partial charge in [-0.1, -0.05) is 46.8 Å². The van der Waals surface area contributed by atoms with E-state index in [-0.39, 0.29) is 34.9 Å². The molecule has 0 unspecified atom stereocenters. The van der Waals surface area contributed by atoms with E-state index in [1.54, 1.807) is 46.0 Å². The Morgan fingerprint density at radius 2 is 1.20 bits per heavy atom. The lowest BCUT2D eigenvalue weighted by Gasteiger charge is -2.29. The number of nitrogens with zero attached hydrogens (tertiary/aromatic N) is 7. The third-order valence-corrected chi connectivity index (χ3v) is 9.17. The van der Waals surface area contributed by atoms with E-state index >= 15 is 0 Å². The normalized spacial score (nSPS) is 16.1. The zero-order valence-corrected chi connectivity index (χ0v) is 25.1. The molecule has 1 aliphatic rings. The van der Waals surface area contributed by atoms with Crippen LogP contribution in [0, 0.1) is 13.8 Å². The molecule has 3 heterocycles. The van der Waals surface area contributed by atoms with Crippen molar-refractivity contribution >= 4 is 28.0 Å². The number of ketones is 1. The molecule has 2 aromatic heterocycles. The lowest BCUT2D eigenvalue weighted by Crippen LogP contribution is -2.41. The molecule has 12 heteroatoms. The van der Waals surface area contributed by atoms with E-state index in [0.717, 1.165) is 22.5 Å². The standard InChI is InChI=1S/C32H29N7O4S/c1-22-8-4-6-10-30(22)38-20-26(33-35-38)16-24-18-37(44(41,42)29-14-12-28(43-3)13-15-29)19-25(32(24)40)17-27-21-39(36-34-27)31-11-7-5-9-23(31)2/h4-17,20-21H,18-19H2,1-3H3. The number of hydrogen-bond acceptors (Lipinski definition) is 8. The number of Topliss-reactive ketones (excluding diaryl/α,β-unsaturated/α-hetero) is 1. The van der Waals surface area contributed by atoms with Gasteiger partial charge in [0.15, 0.2) is 5.78 Å². The van der Waals surface area contributed by atoms with Gasteiger partial charge in [-0.2, -0.15) is 4.31 Å². The van der Waals surface area contributed by atoms with E-state index < -0.39 is 10.0 Å². The highest BCUT2D eigenvalue weighted by Crippen LogP contribution is 2.28. The molecule has 3 aromatic carbocycles. The molecule has 222 valence electrons. The number of benzene rings is 3. The molecular weight excluding hydrogens is 578 g/mol. The van der Waals surface area contributed by atoms with Crippen LogP contribution in [0.1, 0.15) is 22.5 Å². The monoisotopic (exact) mass is 607 g/mol. The Morgan fingerprint density at radius 1 is 0.727 bits per heavy atom. The quantitative estimate of drug-likeness (QED) is 0.252. The molecule has 6 rings (SSSR count). The molecule has 0 aliphatic carbocycles. The van der Waals surface area contributed by atoms with E-state index in [1.165, 1.54) is 23.5 Å². The highest BCUT2D eigenvalue weighted by Gasteiger charge is 2.34. The highest BCUT2D eigenvalue weighted by molar-refractivity contribution is 7.89. The van der Waals surface area contributed by atoms with Crippen molar-refractivity contribution in [1.29, 1.82) is 0 Å². The van der Waals surface area contributed by atoms with Crippen LogP contribution in [0.4, 0.5) is 0 Å². The van der Waals surface area contributed by atoms with Gasteiger partial charge in [-0.05, 0) is 73.5 Å². The molecule has 1 aliphatic heterocycles. The fraction of sp³-hybridized carbons (Fsp3) is 0.156. The first-order chi connectivity index (χ1) is 21.2. The van der Waals surface area contributed by atoms with Gasteiger partial charge in [-0.3, -0.25) is 4.79 Å². The molecule has 0 atom stereocenters. The molecule has 11 nitrogen and oxygen atoms in total. The number of carbonyl (C=O) groups excluding carboxylic acids is 1. The number of methoxy groups -OCH3 is 1. The van der Waals surface area contributed by atoms with Crippen LogP contribution in [0.25, 0.3) is 23.5 Å². The number of piperidine rings is 1. The maximum absolute atomic E-state index is 13.8. The smallest absolute Gasteiger partial charge is 0.243 e. The number of para-hydroxylation sites is 2. The number of ether oxygens (including phenoxy) is 1. The second-order valence-corrected chi connectivity index (χ2v) is 12.3. The van der Waals surface area contributed by atoms with Gasteiger partial charge in [0.1, 0.15) is 17.1 Å². The zero-order chi connectivity index (χ0) is 30.8. The van der Waals surface area contributed by atoms with Crippen molar-refractivity contribution in [3.63, 3.8) is 0 Å². The molecule has 5 aromatic rings. The van der Waals surface area contributed by atoms with Crippen molar-refractivity contribution in [2.24, 2.45) is 0 Å². The van der Waals surface area contributed by atoms with Gasteiger partial charge in [0.05, 0.1) is 35.8 Å². The summed E-state index contributed by atoms with van der Waals surface area (Å²) in [6, 6.07) is 21.6. The number of carbonyl (C=O) groups is 1. The highest BCUT2D eigenvalue weighted by atomic mass is 32.2. The van der Waals surface area contributed by atoms with Crippen LogP contribution in [0.15, 0.2) is 101 Å². The number of aryl methyl sites for hydroxylation is 2. The Bertz CT molecular complexity index is 1920. The Morgan fingerprint density at radius 3 is 1.66 bits per heavy atom. The van der Waals surface area contributed by atoms with Gasteiger partial charge in [-0.25, -0.2) is 17.8 Å². The summed E-state index contributed by atoms with van der Waals surface area (Å²) in [6.45, 7) is 3.65. The Labute approximate surface area is 254 Å². The van der Waals surface area contributed by atoms with Gasteiger partial charge >= 0.3 is 0 Å². The second-order valence-electron chi connectivity index (χ2n) is 10.4. The van der Waals surface area contributed by atoms with Gasteiger partial charge in [-0.15, -0.1) is 10.2 Å². The maximum atomic E-state index is 13.8. The summed E-state index contributed by atoms with van der Waals surface area (Å²) in [5.41, 5.74) is 5.05. The fourth-order valence-corrected chi connectivity index (χ4v) is 6.39. The van der Waals surface area contributed by atoms with Crippen LogP contribution >= 0.6 is 0 Å². The van der Waals surface area contributed by atoms with Crippen LogP contribution in [-0.4, -0.2) is 68.7 Å². The van der Waals surface area contributed by atoms with Gasteiger partial charge in [0.25, 0.3) is 0 Å². The summed E-state index contributed by atoms with van der Waals surface area (Å²) in [5.74, 6) is 0.231. The van der Waals surface area contributed by atoms with Gasteiger partial charge in [0, 0.05) is 24.2 Å². The van der Waals surface area contributed by atoms with Crippen molar-refractivity contribution in [3.8, 4) is 17.1 Å². The molecule has 0 bridgehead atoms. The molecule has 44 heavy (non-hydrogen) atoms. The van der Waals surface area contributed by atoms with Crippen molar-refractivity contribution in [1.82, 2.24) is 34.3 Å². The first kappa shape index (κ1) is 28.9. The predicted molar refractivity (Wildman–Crippen MR) is 165 cm³/mol. The zero-order valence-electron chi connectivity index (χ0n) is 24.3. The third-order valence-electron chi connectivity index (χ3n) is 7.36. The summed E-state index contributed by atoms with van der Waals surface area (Å²) >= 11 is 0. The average molecular weight is 608 g/mol. The lowest BCUT2D eigenvalue weighted by molar-refractivity contribution is -0.113.